The molecule has 1 aromatic heterocycles. The number of aryl methyl sites for hydroxylation is 2. The Morgan fingerprint density at radius 1 is 1.12 bits per heavy atom. The zero-order valence-electron chi connectivity index (χ0n) is 19.5. The Bertz CT molecular complexity index is 1260. The van der Waals surface area contributed by atoms with E-state index in [0.29, 0.717) is 18.2 Å². The molecule has 0 amide bonds. The van der Waals surface area contributed by atoms with Gasteiger partial charge < -0.3 is 10.3 Å². The van der Waals surface area contributed by atoms with Gasteiger partial charge in [0.1, 0.15) is 0 Å². The van der Waals surface area contributed by atoms with Crippen LogP contribution in [0.5, 0.6) is 0 Å². The molecule has 0 atom stereocenters. The smallest absolute Gasteiger partial charge is 0.243 e. The van der Waals surface area contributed by atoms with Crippen molar-refractivity contribution in [3.63, 3.8) is 0 Å². The fraction of sp³-hybridized carbons (Fsp3) is 0.333. The Hall–Kier alpha value is -2.75. The highest BCUT2D eigenvalue weighted by molar-refractivity contribution is 7.89. The maximum Gasteiger partial charge on any atom is 0.243 e. The molecule has 0 saturated carbocycles. The third-order valence-corrected chi connectivity index (χ3v) is 7.37. The summed E-state index contributed by atoms with van der Waals surface area (Å²) in [5.41, 5.74) is 7.57. The van der Waals surface area contributed by atoms with Gasteiger partial charge in [0.25, 0.3) is 0 Å². The highest BCUT2D eigenvalue weighted by atomic mass is 32.2. The molecule has 33 heavy (non-hydrogen) atoms. The molecule has 3 rings (SSSR count). The number of rotatable bonds is 9. The van der Waals surface area contributed by atoms with Crippen LogP contribution in [-0.2, 0) is 10.0 Å². The van der Waals surface area contributed by atoms with Gasteiger partial charge in [-0.2, -0.15) is 9.41 Å². The molecule has 0 aliphatic heterocycles. The summed E-state index contributed by atoms with van der Waals surface area (Å²) >= 11 is 5.35. The third kappa shape index (κ3) is 5.98. The zero-order chi connectivity index (χ0) is 24.0. The quantitative estimate of drug-likeness (QED) is 0.227. The summed E-state index contributed by atoms with van der Waals surface area (Å²) in [6.45, 7) is 9.00. The molecule has 0 saturated heterocycles. The second-order valence-electron chi connectivity index (χ2n) is 8.00. The molecule has 0 fully saturated rings. The van der Waals surface area contributed by atoms with Gasteiger partial charge in [0.2, 0.25) is 10.0 Å². The van der Waals surface area contributed by atoms with Crippen molar-refractivity contribution >= 4 is 50.2 Å². The third-order valence-electron chi connectivity index (χ3n) is 5.28. The van der Waals surface area contributed by atoms with E-state index in [2.05, 4.69) is 20.8 Å². The Morgan fingerprint density at radius 2 is 1.85 bits per heavy atom. The summed E-state index contributed by atoms with van der Waals surface area (Å²) in [6, 6.07) is 11.2. The predicted octanol–water partition coefficient (Wildman–Crippen LogP) is 4.92. The number of sulfonamides is 1. The molecule has 7 nitrogen and oxygen atoms in total. The molecule has 1 heterocycles. The average Bonchev–Trinajstić information content (AvgIpc) is 3.18. The van der Waals surface area contributed by atoms with Gasteiger partial charge in [-0.3, -0.25) is 5.43 Å². The van der Waals surface area contributed by atoms with Gasteiger partial charge in [0, 0.05) is 41.4 Å². The molecular weight excluding hydrogens is 454 g/mol. The molecule has 0 spiro atoms. The van der Waals surface area contributed by atoms with Crippen LogP contribution in [0.4, 0.5) is 5.69 Å². The van der Waals surface area contributed by atoms with Crippen molar-refractivity contribution in [3.05, 3.63) is 59.3 Å². The van der Waals surface area contributed by atoms with E-state index in [1.807, 2.05) is 45.9 Å². The number of aromatic nitrogens is 1. The lowest BCUT2D eigenvalue weighted by Gasteiger charge is -2.21. The summed E-state index contributed by atoms with van der Waals surface area (Å²) in [4.78, 5) is 3.45. The van der Waals surface area contributed by atoms with Gasteiger partial charge in [-0.15, -0.1) is 0 Å². The molecule has 0 bridgehead atoms. The van der Waals surface area contributed by atoms with E-state index in [-0.39, 0.29) is 4.90 Å². The van der Waals surface area contributed by atoms with Crippen LogP contribution in [0.3, 0.4) is 0 Å². The number of benzene rings is 2. The number of hydrogen-bond acceptors (Lipinski definition) is 4. The maximum absolute atomic E-state index is 13.2. The lowest BCUT2D eigenvalue weighted by molar-refractivity contribution is 0.410. The fourth-order valence-corrected chi connectivity index (χ4v) is 5.38. The van der Waals surface area contributed by atoms with E-state index < -0.39 is 10.0 Å². The molecular formula is C24H31N5O2S2. The SMILES string of the molecule is CCCN(CCC)S(=O)(=O)c1ccc2[nH]cc(C=NNC(=S)Nc3cc(C)ccc3C)c2c1. The molecule has 0 radical (unpaired) electrons. The largest absolute Gasteiger partial charge is 0.361 e. The lowest BCUT2D eigenvalue weighted by atomic mass is 10.1. The van der Waals surface area contributed by atoms with Crippen LogP contribution < -0.4 is 10.7 Å². The Balaban J connectivity index is 1.78. The van der Waals surface area contributed by atoms with E-state index in [1.54, 1.807) is 34.9 Å². The number of hydrogen-bond donors (Lipinski definition) is 3. The number of fused-ring (bicyclic) bond motifs is 1. The Morgan fingerprint density at radius 3 is 2.55 bits per heavy atom. The second-order valence-corrected chi connectivity index (χ2v) is 10.3. The highest BCUT2D eigenvalue weighted by Crippen LogP contribution is 2.24. The molecule has 2 aromatic carbocycles. The number of hydrazone groups is 1. The minimum absolute atomic E-state index is 0.284. The molecule has 0 aliphatic rings. The van der Waals surface area contributed by atoms with E-state index >= 15 is 0 Å². The predicted molar refractivity (Wildman–Crippen MR) is 141 cm³/mol. The van der Waals surface area contributed by atoms with Gasteiger partial charge in [0.15, 0.2) is 5.11 Å². The van der Waals surface area contributed by atoms with E-state index in [0.717, 1.165) is 46.1 Å². The van der Waals surface area contributed by atoms with Crippen molar-refractivity contribution in [2.45, 2.75) is 45.4 Å². The van der Waals surface area contributed by atoms with Gasteiger partial charge in [0.05, 0.1) is 11.1 Å². The number of H-pyrrole nitrogens is 1. The molecule has 0 unspecified atom stereocenters. The fourth-order valence-electron chi connectivity index (χ4n) is 3.57. The summed E-state index contributed by atoms with van der Waals surface area (Å²) in [6.07, 6.45) is 4.96. The van der Waals surface area contributed by atoms with Crippen molar-refractivity contribution < 1.29 is 8.42 Å². The van der Waals surface area contributed by atoms with Crippen LogP contribution in [0.15, 0.2) is 52.6 Å². The topological polar surface area (TPSA) is 89.6 Å². The van der Waals surface area contributed by atoms with Crippen LogP contribution >= 0.6 is 12.2 Å². The number of anilines is 1. The number of nitrogens with one attached hydrogen (secondary N) is 3. The Kier molecular flexibility index (Phi) is 8.23. The number of nitrogens with zero attached hydrogens (tertiary/aromatic N) is 2. The highest BCUT2D eigenvalue weighted by Gasteiger charge is 2.23. The van der Waals surface area contributed by atoms with Crippen LogP contribution in [0.2, 0.25) is 0 Å². The first-order valence-electron chi connectivity index (χ1n) is 11.0. The van der Waals surface area contributed by atoms with Crippen molar-refractivity contribution in [2.75, 3.05) is 18.4 Å². The van der Waals surface area contributed by atoms with Crippen LogP contribution in [0, 0.1) is 13.8 Å². The zero-order valence-corrected chi connectivity index (χ0v) is 21.1. The van der Waals surface area contributed by atoms with E-state index in [4.69, 9.17) is 12.2 Å². The first-order valence-corrected chi connectivity index (χ1v) is 12.9. The first kappa shape index (κ1) is 24.9. The number of aromatic amines is 1. The van der Waals surface area contributed by atoms with Crippen molar-refractivity contribution in [2.24, 2.45) is 5.10 Å². The van der Waals surface area contributed by atoms with Crippen molar-refractivity contribution in [3.8, 4) is 0 Å². The van der Waals surface area contributed by atoms with Crippen molar-refractivity contribution in [1.82, 2.24) is 14.7 Å². The second kappa shape index (κ2) is 10.9. The molecule has 3 aromatic rings. The molecule has 0 aliphatic carbocycles. The first-order chi connectivity index (χ1) is 15.8. The standard InChI is InChI=1S/C24H31N5O2S2/c1-5-11-29(12-6-2)33(30,31)20-9-10-22-21(14-20)19(15-25-22)16-26-28-24(32)27-23-13-17(3)7-8-18(23)4/h7-10,13-16,25H,5-6,11-12H2,1-4H3,(H2,27,28,32). The molecule has 9 heteroatoms. The normalized spacial score (nSPS) is 12.0. The summed E-state index contributed by atoms with van der Waals surface area (Å²) in [7, 11) is -3.56. The van der Waals surface area contributed by atoms with Gasteiger partial charge in [-0.1, -0.05) is 26.0 Å². The lowest BCUT2D eigenvalue weighted by Crippen LogP contribution is -2.32. The van der Waals surface area contributed by atoms with Crippen LogP contribution in [0.1, 0.15) is 43.4 Å². The summed E-state index contributed by atoms with van der Waals surface area (Å²) in [5.74, 6) is 0. The monoisotopic (exact) mass is 485 g/mol. The average molecular weight is 486 g/mol. The van der Waals surface area contributed by atoms with Gasteiger partial charge in [-0.05, 0) is 74.3 Å². The minimum atomic E-state index is -3.56. The maximum atomic E-state index is 13.2. The summed E-state index contributed by atoms with van der Waals surface area (Å²) < 4.78 is 27.9. The van der Waals surface area contributed by atoms with Crippen molar-refractivity contribution in [1.29, 1.82) is 0 Å². The minimum Gasteiger partial charge on any atom is -0.361 e. The van der Waals surface area contributed by atoms with E-state index in [1.165, 1.54) is 0 Å². The number of thiocarbonyl (C=S) groups is 1. The molecule has 3 N–H and O–H groups in total. The Labute approximate surface area is 201 Å². The van der Waals surface area contributed by atoms with Crippen LogP contribution in [-0.4, -0.2) is 42.1 Å². The van der Waals surface area contributed by atoms with E-state index in [9.17, 15) is 8.42 Å². The summed E-state index contributed by atoms with van der Waals surface area (Å²) in [5, 5.41) is 8.54. The molecule has 176 valence electrons. The van der Waals surface area contributed by atoms with Gasteiger partial charge >= 0.3 is 0 Å². The van der Waals surface area contributed by atoms with Gasteiger partial charge in [-0.25, -0.2) is 8.42 Å². The van der Waals surface area contributed by atoms with Crippen LogP contribution in [0.25, 0.3) is 10.9 Å².